The maximum atomic E-state index is 13.3. The Bertz CT molecular complexity index is 718. The van der Waals surface area contributed by atoms with Gasteiger partial charge in [0, 0.05) is 6.54 Å². The summed E-state index contributed by atoms with van der Waals surface area (Å²) < 4.78 is 40.8. The van der Waals surface area contributed by atoms with Crippen molar-refractivity contribution < 1.29 is 12.8 Å². The minimum absolute atomic E-state index is 0.0767. The van der Waals surface area contributed by atoms with Crippen LogP contribution in [0.5, 0.6) is 0 Å². The van der Waals surface area contributed by atoms with E-state index in [9.17, 15) is 12.8 Å². The van der Waals surface area contributed by atoms with Crippen LogP contribution in [-0.2, 0) is 10.0 Å². The molecule has 0 fully saturated rings. The summed E-state index contributed by atoms with van der Waals surface area (Å²) in [5.41, 5.74) is 0.858. The molecule has 1 unspecified atom stereocenters. The van der Waals surface area contributed by atoms with Crippen molar-refractivity contribution >= 4 is 10.0 Å². The van der Waals surface area contributed by atoms with Crippen molar-refractivity contribution in [3.8, 4) is 0 Å². The zero-order valence-electron chi connectivity index (χ0n) is 12.5. The molecule has 0 saturated heterocycles. The molecular weight excluding hydrogens is 303 g/mol. The molecule has 0 aliphatic rings. The van der Waals surface area contributed by atoms with Gasteiger partial charge >= 0.3 is 0 Å². The Morgan fingerprint density at radius 2 is 1.77 bits per heavy atom. The quantitative estimate of drug-likeness (QED) is 0.888. The van der Waals surface area contributed by atoms with Crippen LogP contribution in [0.1, 0.15) is 11.6 Å². The SMILES string of the molecule is CN(C)CC(NS(=O)(=O)c1cccc(F)c1)c1ccccc1. The molecule has 0 aromatic heterocycles. The van der Waals surface area contributed by atoms with Crippen LogP contribution in [0, 0.1) is 5.82 Å². The second kappa shape index (κ2) is 7.00. The van der Waals surface area contributed by atoms with Crippen LogP contribution >= 0.6 is 0 Å². The minimum atomic E-state index is -3.79. The normalized spacial score (nSPS) is 13.3. The van der Waals surface area contributed by atoms with Crippen molar-refractivity contribution in [3.05, 3.63) is 66.0 Å². The lowest BCUT2D eigenvalue weighted by Gasteiger charge is -2.22. The zero-order chi connectivity index (χ0) is 16.2. The Morgan fingerprint density at radius 3 is 2.36 bits per heavy atom. The van der Waals surface area contributed by atoms with Crippen molar-refractivity contribution in [2.45, 2.75) is 10.9 Å². The van der Waals surface area contributed by atoms with Gasteiger partial charge in [-0.3, -0.25) is 0 Å². The van der Waals surface area contributed by atoms with Gasteiger partial charge in [-0.15, -0.1) is 0 Å². The van der Waals surface area contributed by atoms with Gasteiger partial charge in [-0.2, -0.15) is 0 Å². The number of nitrogens with zero attached hydrogens (tertiary/aromatic N) is 1. The Balaban J connectivity index is 2.30. The van der Waals surface area contributed by atoms with Gasteiger partial charge in [-0.25, -0.2) is 17.5 Å². The lowest BCUT2D eigenvalue weighted by Crippen LogP contribution is -2.35. The monoisotopic (exact) mass is 322 g/mol. The molecular formula is C16H19FN2O2S. The molecule has 118 valence electrons. The van der Waals surface area contributed by atoms with Gasteiger partial charge in [0.15, 0.2) is 0 Å². The lowest BCUT2D eigenvalue weighted by molar-refractivity contribution is 0.363. The van der Waals surface area contributed by atoms with E-state index in [1.165, 1.54) is 18.2 Å². The molecule has 0 saturated carbocycles. The Morgan fingerprint density at radius 1 is 1.09 bits per heavy atom. The number of hydrogen-bond donors (Lipinski definition) is 1. The van der Waals surface area contributed by atoms with E-state index >= 15 is 0 Å². The predicted molar refractivity (Wildman–Crippen MR) is 84.5 cm³/mol. The third-order valence-electron chi connectivity index (χ3n) is 3.15. The molecule has 2 aromatic rings. The van der Waals surface area contributed by atoms with Crippen LogP contribution in [0.15, 0.2) is 59.5 Å². The highest BCUT2D eigenvalue weighted by atomic mass is 32.2. The van der Waals surface area contributed by atoms with Gasteiger partial charge in [-0.05, 0) is 37.9 Å². The summed E-state index contributed by atoms with van der Waals surface area (Å²) in [6.45, 7) is 0.499. The third-order valence-corrected chi connectivity index (χ3v) is 4.62. The van der Waals surface area contributed by atoms with Crippen LogP contribution in [0.3, 0.4) is 0 Å². The van der Waals surface area contributed by atoms with Gasteiger partial charge in [0.05, 0.1) is 10.9 Å². The van der Waals surface area contributed by atoms with Crippen LogP contribution < -0.4 is 4.72 Å². The third kappa shape index (κ3) is 4.37. The smallest absolute Gasteiger partial charge is 0.241 e. The van der Waals surface area contributed by atoms with Crippen molar-refractivity contribution in [2.75, 3.05) is 20.6 Å². The van der Waals surface area contributed by atoms with Gasteiger partial charge in [-0.1, -0.05) is 36.4 Å². The molecule has 2 aromatic carbocycles. The number of sulfonamides is 1. The molecule has 0 spiro atoms. The summed E-state index contributed by atoms with van der Waals surface area (Å²) >= 11 is 0. The molecule has 1 atom stereocenters. The van der Waals surface area contributed by atoms with Gasteiger partial charge in [0.25, 0.3) is 0 Å². The molecule has 0 bridgehead atoms. The van der Waals surface area contributed by atoms with Crippen molar-refractivity contribution in [2.24, 2.45) is 0 Å². The van der Waals surface area contributed by atoms with E-state index in [4.69, 9.17) is 0 Å². The van der Waals surface area contributed by atoms with Crippen molar-refractivity contribution in [1.29, 1.82) is 0 Å². The summed E-state index contributed by atoms with van der Waals surface area (Å²) in [4.78, 5) is 1.82. The first kappa shape index (κ1) is 16.6. The lowest BCUT2D eigenvalue weighted by atomic mass is 10.1. The van der Waals surface area contributed by atoms with E-state index in [-0.39, 0.29) is 4.90 Å². The second-order valence-electron chi connectivity index (χ2n) is 5.30. The number of rotatable bonds is 6. The molecule has 0 aliphatic carbocycles. The molecule has 0 aliphatic heterocycles. The first-order valence-corrected chi connectivity index (χ1v) is 8.34. The average molecular weight is 322 g/mol. The topological polar surface area (TPSA) is 49.4 Å². The largest absolute Gasteiger partial charge is 0.307 e. The van der Waals surface area contributed by atoms with Gasteiger partial charge in [0.2, 0.25) is 10.0 Å². The first-order valence-electron chi connectivity index (χ1n) is 6.86. The number of likely N-dealkylation sites (N-methyl/N-ethyl adjacent to an activating group) is 1. The maximum absolute atomic E-state index is 13.3. The van der Waals surface area contributed by atoms with Crippen molar-refractivity contribution in [3.63, 3.8) is 0 Å². The van der Waals surface area contributed by atoms with E-state index in [1.54, 1.807) is 0 Å². The minimum Gasteiger partial charge on any atom is -0.307 e. The average Bonchev–Trinajstić information content (AvgIpc) is 2.47. The number of benzene rings is 2. The highest BCUT2D eigenvalue weighted by Gasteiger charge is 2.22. The zero-order valence-corrected chi connectivity index (χ0v) is 13.3. The highest BCUT2D eigenvalue weighted by Crippen LogP contribution is 2.18. The van der Waals surface area contributed by atoms with Gasteiger partial charge < -0.3 is 4.90 Å². The summed E-state index contributed by atoms with van der Waals surface area (Å²) in [7, 11) is -0.0575. The second-order valence-corrected chi connectivity index (χ2v) is 7.02. The first-order chi connectivity index (χ1) is 10.4. The summed E-state index contributed by atoms with van der Waals surface area (Å²) in [6.07, 6.45) is 0. The summed E-state index contributed by atoms with van der Waals surface area (Å²) in [5.74, 6) is -0.577. The Hall–Kier alpha value is -1.76. The van der Waals surface area contributed by atoms with Crippen molar-refractivity contribution in [1.82, 2.24) is 9.62 Å². The number of hydrogen-bond acceptors (Lipinski definition) is 3. The number of halogens is 1. The molecule has 1 N–H and O–H groups in total. The van der Waals surface area contributed by atoms with Gasteiger partial charge in [0.1, 0.15) is 5.82 Å². The Kier molecular flexibility index (Phi) is 5.28. The fourth-order valence-corrected chi connectivity index (χ4v) is 3.40. The maximum Gasteiger partial charge on any atom is 0.241 e. The predicted octanol–water partition coefficient (Wildman–Crippen LogP) is 2.41. The molecule has 0 amide bonds. The van der Waals surface area contributed by atoms with E-state index < -0.39 is 21.9 Å². The van der Waals surface area contributed by atoms with Crippen LogP contribution in [0.25, 0.3) is 0 Å². The summed E-state index contributed by atoms with van der Waals surface area (Å²) in [6, 6.07) is 13.9. The van der Waals surface area contributed by atoms with E-state index in [2.05, 4.69) is 4.72 Å². The fraction of sp³-hybridized carbons (Fsp3) is 0.250. The molecule has 22 heavy (non-hydrogen) atoms. The van der Waals surface area contributed by atoms with Crippen LogP contribution in [-0.4, -0.2) is 34.0 Å². The molecule has 0 radical (unpaired) electrons. The molecule has 0 heterocycles. The van der Waals surface area contributed by atoms with E-state index in [0.717, 1.165) is 11.6 Å². The van der Waals surface area contributed by atoms with Crippen LogP contribution in [0.2, 0.25) is 0 Å². The molecule has 2 rings (SSSR count). The molecule has 4 nitrogen and oxygen atoms in total. The summed E-state index contributed by atoms with van der Waals surface area (Å²) in [5, 5.41) is 0. The number of nitrogens with one attached hydrogen (secondary N) is 1. The van der Waals surface area contributed by atoms with E-state index in [0.29, 0.717) is 6.54 Å². The Labute approximate surface area is 130 Å². The molecule has 6 heteroatoms. The highest BCUT2D eigenvalue weighted by molar-refractivity contribution is 7.89. The standard InChI is InChI=1S/C16H19FN2O2S/c1-19(2)12-16(13-7-4-3-5-8-13)18-22(20,21)15-10-6-9-14(17)11-15/h3-11,16,18H,12H2,1-2H3. The van der Waals surface area contributed by atoms with E-state index in [1.807, 2.05) is 49.3 Å². The van der Waals surface area contributed by atoms with Crippen LogP contribution in [0.4, 0.5) is 4.39 Å². The fourth-order valence-electron chi connectivity index (χ4n) is 2.15.